The molecule has 1 rings (SSSR count). The molecule has 0 aromatic heterocycles. The molecule has 0 heterocycles. The SMILES string of the molecule is CCC(C)CCOC1CCCC1O. The molecule has 78 valence electrons. The lowest BCUT2D eigenvalue weighted by Gasteiger charge is -2.16. The average molecular weight is 186 g/mol. The smallest absolute Gasteiger partial charge is 0.0833 e. The molecule has 0 aromatic carbocycles. The number of rotatable bonds is 5. The van der Waals surface area contributed by atoms with Crippen molar-refractivity contribution in [3.05, 3.63) is 0 Å². The molecule has 2 heteroatoms. The first kappa shape index (κ1) is 11.0. The molecule has 0 aliphatic heterocycles. The van der Waals surface area contributed by atoms with Crippen LogP contribution in [0.25, 0.3) is 0 Å². The van der Waals surface area contributed by atoms with Crippen molar-refractivity contribution >= 4 is 0 Å². The number of aliphatic hydroxyl groups is 1. The van der Waals surface area contributed by atoms with Crippen LogP contribution in [-0.2, 0) is 4.74 Å². The van der Waals surface area contributed by atoms with Crippen molar-refractivity contribution in [3.8, 4) is 0 Å². The second-order valence-corrected chi connectivity index (χ2v) is 4.21. The number of aliphatic hydroxyl groups excluding tert-OH is 1. The Morgan fingerprint density at radius 1 is 1.46 bits per heavy atom. The summed E-state index contributed by atoms with van der Waals surface area (Å²) in [6.07, 6.45) is 5.36. The fourth-order valence-corrected chi connectivity index (χ4v) is 1.73. The minimum absolute atomic E-state index is 0.129. The second-order valence-electron chi connectivity index (χ2n) is 4.21. The maximum Gasteiger partial charge on any atom is 0.0833 e. The molecule has 0 bridgehead atoms. The molecule has 0 aromatic rings. The molecule has 3 atom stereocenters. The highest BCUT2D eigenvalue weighted by molar-refractivity contribution is 4.76. The summed E-state index contributed by atoms with van der Waals surface area (Å²) in [4.78, 5) is 0. The Morgan fingerprint density at radius 2 is 2.23 bits per heavy atom. The fraction of sp³-hybridized carbons (Fsp3) is 1.00. The highest BCUT2D eigenvalue weighted by Crippen LogP contribution is 2.22. The third-order valence-corrected chi connectivity index (χ3v) is 3.06. The van der Waals surface area contributed by atoms with Crippen LogP contribution in [-0.4, -0.2) is 23.9 Å². The summed E-state index contributed by atoms with van der Waals surface area (Å²) >= 11 is 0. The molecular formula is C11H22O2. The van der Waals surface area contributed by atoms with E-state index in [0.717, 1.165) is 38.2 Å². The first-order chi connectivity index (χ1) is 6.24. The summed E-state index contributed by atoms with van der Waals surface area (Å²) in [5, 5.41) is 9.49. The third-order valence-electron chi connectivity index (χ3n) is 3.06. The van der Waals surface area contributed by atoms with Gasteiger partial charge in [-0.3, -0.25) is 0 Å². The summed E-state index contributed by atoms with van der Waals surface area (Å²) in [6.45, 7) is 5.26. The zero-order valence-electron chi connectivity index (χ0n) is 8.83. The largest absolute Gasteiger partial charge is 0.390 e. The molecule has 1 aliphatic rings. The van der Waals surface area contributed by atoms with Gasteiger partial charge in [0.25, 0.3) is 0 Å². The van der Waals surface area contributed by atoms with Crippen molar-refractivity contribution in [1.29, 1.82) is 0 Å². The van der Waals surface area contributed by atoms with Gasteiger partial charge >= 0.3 is 0 Å². The minimum Gasteiger partial charge on any atom is -0.390 e. The standard InChI is InChI=1S/C11H22O2/c1-3-9(2)7-8-13-11-6-4-5-10(11)12/h9-12H,3-8H2,1-2H3. The first-order valence-corrected chi connectivity index (χ1v) is 5.53. The van der Waals surface area contributed by atoms with Gasteiger partial charge in [-0.1, -0.05) is 20.3 Å². The molecule has 0 spiro atoms. The zero-order valence-corrected chi connectivity index (χ0v) is 8.83. The van der Waals surface area contributed by atoms with Crippen molar-refractivity contribution in [2.45, 2.75) is 58.2 Å². The van der Waals surface area contributed by atoms with Gasteiger partial charge in [0.05, 0.1) is 12.2 Å². The van der Waals surface area contributed by atoms with Gasteiger partial charge < -0.3 is 9.84 Å². The van der Waals surface area contributed by atoms with Crippen LogP contribution in [0.3, 0.4) is 0 Å². The molecule has 2 nitrogen and oxygen atoms in total. The second kappa shape index (κ2) is 5.61. The van der Waals surface area contributed by atoms with E-state index >= 15 is 0 Å². The highest BCUT2D eigenvalue weighted by atomic mass is 16.5. The predicted octanol–water partition coefficient (Wildman–Crippen LogP) is 2.35. The van der Waals surface area contributed by atoms with Gasteiger partial charge in [0.2, 0.25) is 0 Å². The van der Waals surface area contributed by atoms with Gasteiger partial charge in [-0.25, -0.2) is 0 Å². The molecule has 1 aliphatic carbocycles. The maximum atomic E-state index is 9.49. The van der Waals surface area contributed by atoms with E-state index in [2.05, 4.69) is 13.8 Å². The van der Waals surface area contributed by atoms with Crippen LogP contribution in [0.1, 0.15) is 46.0 Å². The van der Waals surface area contributed by atoms with E-state index in [1.165, 1.54) is 6.42 Å². The van der Waals surface area contributed by atoms with E-state index in [9.17, 15) is 5.11 Å². The number of hydrogen-bond donors (Lipinski definition) is 1. The predicted molar refractivity (Wildman–Crippen MR) is 53.7 cm³/mol. The zero-order chi connectivity index (χ0) is 9.68. The Labute approximate surface area is 81.3 Å². The van der Waals surface area contributed by atoms with Crippen molar-refractivity contribution in [3.63, 3.8) is 0 Å². The summed E-state index contributed by atoms with van der Waals surface area (Å²) in [6, 6.07) is 0. The third kappa shape index (κ3) is 3.65. The topological polar surface area (TPSA) is 29.5 Å². The highest BCUT2D eigenvalue weighted by Gasteiger charge is 2.25. The van der Waals surface area contributed by atoms with Crippen molar-refractivity contribution in [2.24, 2.45) is 5.92 Å². The van der Waals surface area contributed by atoms with Crippen LogP contribution in [0.5, 0.6) is 0 Å². The normalized spacial score (nSPS) is 30.7. The molecule has 0 amide bonds. The maximum absolute atomic E-state index is 9.49. The van der Waals surface area contributed by atoms with Gasteiger partial charge in [0.1, 0.15) is 0 Å². The monoisotopic (exact) mass is 186 g/mol. The van der Waals surface area contributed by atoms with Crippen molar-refractivity contribution in [2.75, 3.05) is 6.61 Å². The first-order valence-electron chi connectivity index (χ1n) is 5.53. The van der Waals surface area contributed by atoms with E-state index in [1.807, 2.05) is 0 Å². The molecule has 0 radical (unpaired) electrons. The van der Waals surface area contributed by atoms with Crippen molar-refractivity contribution < 1.29 is 9.84 Å². The van der Waals surface area contributed by atoms with Gasteiger partial charge in [-0.15, -0.1) is 0 Å². The van der Waals surface area contributed by atoms with Crippen LogP contribution in [0.2, 0.25) is 0 Å². The Bertz CT molecular complexity index is 136. The summed E-state index contributed by atoms with van der Waals surface area (Å²) in [5.41, 5.74) is 0. The lowest BCUT2D eigenvalue weighted by molar-refractivity contribution is -0.0224. The van der Waals surface area contributed by atoms with Gasteiger partial charge in [-0.05, 0) is 31.6 Å². The molecule has 13 heavy (non-hydrogen) atoms. The Morgan fingerprint density at radius 3 is 2.77 bits per heavy atom. The lowest BCUT2D eigenvalue weighted by Crippen LogP contribution is -2.23. The van der Waals surface area contributed by atoms with Crippen LogP contribution in [0, 0.1) is 5.92 Å². The van der Waals surface area contributed by atoms with E-state index in [1.54, 1.807) is 0 Å². The molecule has 1 fully saturated rings. The summed E-state index contributed by atoms with van der Waals surface area (Å²) < 4.78 is 5.64. The molecule has 1 N–H and O–H groups in total. The van der Waals surface area contributed by atoms with E-state index in [4.69, 9.17) is 4.74 Å². The molecular weight excluding hydrogens is 164 g/mol. The Balaban J connectivity index is 2.05. The van der Waals surface area contributed by atoms with E-state index < -0.39 is 0 Å². The Kier molecular flexibility index (Phi) is 4.74. The number of hydrogen-bond acceptors (Lipinski definition) is 2. The van der Waals surface area contributed by atoms with Gasteiger partial charge in [0.15, 0.2) is 0 Å². The van der Waals surface area contributed by atoms with Crippen molar-refractivity contribution in [1.82, 2.24) is 0 Å². The van der Waals surface area contributed by atoms with Crippen LogP contribution in [0.4, 0.5) is 0 Å². The summed E-state index contributed by atoms with van der Waals surface area (Å²) in [7, 11) is 0. The quantitative estimate of drug-likeness (QED) is 0.714. The molecule has 3 unspecified atom stereocenters. The van der Waals surface area contributed by atoms with Gasteiger partial charge in [0, 0.05) is 6.61 Å². The Hall–Kier alpha value is -0.0800. The van der Waals surface area contributed by atoms with E-state index in [0.29, 0.717) is 0 Å². The fourth-order valence-electron chi connectivity index (χ4n) is 1.73. The summed E-state index contributed by atoms with van der Waals surface area (Å²) in [5.74, 6) is 0.749. The van der Waals surface area contributed by atoms with Crippen LogP contribution >= 0.6 is 0 Å². The minimum atomic E-state index is -0.197. The molecule has 1 saturated carbocycles. The average Bonchev–Trinajstić information content (AvgIpc) is 2.52. The van der Waals surface area contributed by atoms with Crippen LogP contribution < -0.4 is 0 Å². The molecule has 0 saturated heterocycles. The van der Waals surface area contributed by atoms with E-state index in [-0.39, 0.29) is 12.2 Å². The van der Waals surface area contributed by atoms with Gasteiger partial charge in [-0.2, -0.15) is 0 Å². The number of ether oxygens (including phenoxy) is 1. The van der Waals surface area contributed by atoms with Crippen LogP contribution in [0.15, 0.2) is 0 Å². The lowest BCUT2D eigenvalue weighted by atomic mass is 10.1.